The van der Waals surface area contributed by atoms with Crippen LogP contribution in [0, 0.1) is 6.92 Å². The molecule has 2 rings (SSSR count). The van der Waals surface area contributed by atoms with Gasteiger partial charge in [0.2, 0.25) is 5.91 Å². The summed E-state index contributed by atoms with van der Waals surface area (Å²) in [6.45, 7) is 5.41. The maximum atomic E-state index is 12.3. The molecule has 25 heavy (non-hydrogen) atoms. The van der Waals surface area contributed by atoms with Crippen molar-refractivity contribution in [2.24, 2.45) is 12.1 Å². The van der Waals surface area contributed by atoms with E-state index in [1.807, 2.05) is 19.1 Å². The van der Waals surface area contributed by atoms with Gasteiger partial charge in [0.05, 0.1) is 15.9 Å². The molecule has 1 heterocycles. The average molecular weight is 406 g/mol. The predicted octanol–water partition coefficient (Wildman–Crippen LogP) is 2.99. The highest BCUT2D eigenvalue weighted by Gasteiger charge is 2.17. The summed E-state index contributed by atoms with van der Waals surface area (Å²) >= 11 is 3.36. The van der Waals surface area contributed by atoms with Gasteiger partial charge in [0.25, 0.3) is 5.91 Å². The molecule has 0 spiro atoms. The Morgan fingerprint density at radius 2 is 1.92 bits per heavy atom. The van der Waals surface area contributed by atoms with Gasteiger partial charge in [0.1, 0.15) is 5.69 Å². The molecule has 132 valence electrons. The molecule has 2 N–H and O–H groups in total. The Morgan fingerprint density at radius 3 is 2.44 bits per heavy atom. The van der Waals surface area contributed by atoms with Crippen LogP contribution in [0.4, 0.5) is 5.69 Å². The Bertz CT molecular complexity index is 824. The fourth-order valence-corrected chi connectivity index (χ4v) is 2.69. The number of carbonyl (C=O) groups is 2. The second kappa shape index (κ2) is 8.06. The first-order chi connectivity index (χ1) is 11.8. The van der Waals surface area contributed by atoms with Gasteiger partial charge in [-0.3, -0.25) is 14.3 Å². The summed E-state index contributed by atoms with van der Waals surface area (Å²) in [5.41, 5.74) is 5.90. The van der Waals surface area contributed by atoms with Crippen molar-refractivity contribution < 1.29 is 9.59 Å². The first-order valence-corrected chi connectivity index (χ1v) is 8.56. The maximum Gasteiger partial charge on any atom is 0.290 e. The zero-order valence-electron chi connectivity index (χ0n) is 14.6. The van der Waals surface area contributed by atoms with Crippen molar-refractivity contribution in [1.82, 2.24) is 15.2 Å². The number of halogens is 1. The number of hydrogen-bond donors (Lipinski definition) is 2. The number of aryl methyl sites for hydroxylation is 2. The molecule has 2 aromatic rings. The third-order valence-electron chi connectivity index (χ3n) is 3.60. The Kier molecular flexibility index (Phi) is 6.08. The molecular weight excluding hydrogens is 386 g/mol. The van der Waals surface area contributed by atoms with Gasteiger partial charge in [-0.2, -0.15) is 10.2 Å². The van der Waals surface area contributed by atoms with E-state index in [9.17, 15) is 9.59 Å². The van der Waals surface area contributed by atoms with Crippen LogP contribution in [0.5, 0.6) is 0 Å². The summed E-state index contributed by atoms with van der Waals surface area (Å²) in [5.74, 6) is -0.386. The van der Waals surface area contributed by atoms with Crippen LogP contribution in [0.1, 0.15) is 42.0 Å². The van der Waals surface area contributed by atoms with Crippen molar-refractivity contribution in [1.29, 1.82) is 0 Å². The number of nitrogens with one attached hydrogen (secondary N) is 2. The summed E-state index contributed by atoms with van der Waals surface area (Å²) in [6.07, 6.45) is 0.428. The van der Waals surface area contributed by atoms with E-state index in [1.165, 1.54) is 4.68 Å². The molecule has 0 atom stereocenters. The minimum Gasteiger partial charge on any atom is -0.326 e. The van der Waals surface area contributed by atoms with Gasteiger partial charge in [0, 0.05) is 19.2 Å². The van der Waals surface area contributed by atoms with Crippen LogP contribution in [0.3, 0.4) is 0 Å². The van der Waals surface area contributed by atoms with E-state index in [4.69, 9.17) is 0 Å². The topological polar surface area (TPSA) is 88.4 Å². The van der Waals surface area contributed by atoms with Gasteiger partial charge in [0.15, 0.2) is 0 Å². The Hall–Kier alpha value is -2.48. The zero-order chi connectivity index (χ0) is 18.6. The second-order valence-electron chi connectivity index (χ2n) is 5.49. The van der Waals surface area contributed by atoms with Crippen LogP contribution in [0.15, 0.2) is 33.8 Å². The van der Waals surface area contributed by atoms with Crippen LogP contribution in [-0.2, 0) is 11.8 Å². The molecule has 8 heteroatoms. The average Bonchev–Trinajstić information content (AvgIpc) is 2.85. The quantitative estimate of drug-likeness (QED) is 0.591. The summed E-state index contributed by atoms with van der Waals surface area (Å²) in [5, 5.41) is 11.1. The number of aromatic nitrogens is 2. The minimum atomic E-state index is -0.346. The molecule has 1 aromatic heterocycles. The molecule has 0 aliphatic heterocycles. The summed E-state index contributed by atoms with van der Waals surface area (Å²) in [4.78, 5) is 23.7. The predicted molar refractivity (Wildman–Crippen MR) is 101 cm³/mol. The lowest BCUT2D eigenvalue weighted by atomic mass is 10.1. The van der Waals surface area contributed by atoms with Crippen molar-refractivity contribution in [3.05, 3.63) is 45.7 Å². The second-order valence-corrected chi connectivity index (χ2v) is 6.28. The van der Waals surface area contributed by atoms with Crippen LogP contribution in [0.25, 0.3) is 0 Å². The van der Waals surface area contributed by atoms with Crippen molar-refractivity contribution in [3.8, 4) is 0 Å². The molecule has 7 nitrogen and oxygen atoms in total. The first kappa shape index (κ1) is 18.9. The number of rotatable bonds is 5. The molecule has 2 amide bonds. The van der Waals surface area contributed by atoms with Crippen molar-refractivity contribution >= 4 is 39.1 Å². The number of hydrazone groups is 1. The normalized spacial score (nSPS) is 11.3. The Labute approximate surface area is 154 Å². The fraction of sp³-hybridized carbons (Fsp3) is 0.294. The van der Waals surface area contributed by atoms with Gasteiger partial charge in [-0.15, -0.1) is 0 Å². The van der Waals surface area contributed by atoms with E-state index in [0.29, 0.717) is 22.3 Å². The van der Waals surface area contributed by atoms with Crippen molar-refractivity contribution in [3.63, 3.8) is 0 Å². The van der Waals surface area contributed by atoms with Gasteiger partial charge in [-0.1, -0.05) is 19.1 Å². The van der Waals surface area contributed by atoms with E-state index in [1.54, 1.807) is 33.0 Å². The number of hydrogen-bond acceptors (Lipinski definition) is 4. The Balaban J connectivity index is 2.08. The molecule has 0 radical (unpaired) electrons. The van der Waals surface area contributed by atoms with E-state index < -0.39 is 0 Å². The van der Waals surface area contributed by atoms with Gasteiger partial charge in [-0.05, 0) is 47.5 Å². The molecule has 0 fully saturated rings. The summed E-state index contributed by atoms with van der Waals surface area (Å²) in [6, 6.07) is 7.26. The minimum absolute atomic E-state index is 0.0394. The Morgan fingerprint density at radius 1 is 1.28 bits per heavy atom. The lowest BCUT2D eigenvalue weighted by molar-refractivity contribution is -0.115. The monoisotopic (exact) mass is 405 g/mol. The molecule has 1 aromatic carbocycles. The third kappa shape index (κ3) is 4.54. The largest absolute Gasteiger partial charge is 0.326 e. The maximum absolute atomic E-state index is 12.3. The van der Waals surface area contributed by atoms with Gasteiger partial charge >= 0.3 is 0 Å². The van der Waals surface area contributed by atoms with Crippen LogP contribution >= 0.6 is 15.9 Å². The van der Waals surface area contributed by atoms with Crippen molar-refractivity contribution in [2.45, 2.75) is 27.2 Å². The standard InChI is InChI=1S/C17H20BrN5O2/c1-5-14(24)19-13-8-6-12(7-9-13)10(2)20-21-17(25)16-15(18)11(3)22-23(16)4/h6-9H,5H2,1-4H3,(H,19,24)(H,21,25). The first-order valence-electron chi connectivity index (χ1n) is 7.77. The molecule has 0 aliphatic rings. The van der Waals surface area contributed by atoms with E-state index in [0.717, 1.165) is 16.9 Å². The molecule has 0 saturated heterocycles. The SMILES string of the molecule is CCC(=O)Nc1ccc(C(C)=NNC(=O)c2c(Br)c(C)nn2C)cc1. The lowest BCUT2D eigenvalue weighted by Gasteiger charge is -2.06. The van der Waals surface area contributed by atoms with Gasteiger partial charge in [-0.25, -0.2) is 5.43 Å². The molecule has 0 unspecified atom stereocenters. The number of benzene rings is 1. The summed E-state index contributed by atoms with van der Waals surface area (Å²) < 4.78 is 2.15. The van der Waals surface area contributed by atoms with Crippen molar-refractivity contribution in [2.75, 3.05) is 5.32 Å². The number of carbonyl (C=O) groups excluding carboxylic acids is 2. The number of anilines is 1. The highest BCUT2D eigenvalue weighted by Crippen LogP contribution is 2.20. The highest BCUT2D eigenvalue weighted by atomic mass is 79.9. The molecule has 0 aliphatic carbocycles. The van der Waals surface area contributed by atoms with E-state index in [-0.39, 0.29) is 11.8 Å². The number of nitrogens with zero attached hydrogens (tertiary/aromatic N) is 3. The zero-order valence-corrected chi connectivity index (χ0v) is 16.1. The third-order valence-corrected chi connectivity index (χ3v) is 4.55. The highest BCUT2D eigenvalue weighted by molar-refractivity contribution is 9.10. The van der Waals surface area contributed by atoms with Crippen LogP contribution in [0.2, 0.25) is 0 Å². The molecule has 0 saturated carbocycles. The van der Waals surface area contributed by atoms with E-state index >= 15 is 0 Å². The van der Waals surface area contributed by atoms with Crippen LogP contribution < -0.4 is 10.7 Å². The fourth-order valence-electron chi connectivity index (χ4n) is 2.18. The number of amides is 2. The van der Waals surface area contributed by atoms with Crippen LogP contribution in [-0.4, -0.2) is 27.3 Å². The smallest absolute Gasteiger partial charge is 0.290 e. The van der Waals surface area contributed by atoms with E-state index in [2.05, 4.69) is 36.9 Å². The lowest BCUT2D eigenvalue weighted by Crippen LogP contribution is -2.22. The molecule has 0 bridgehead atoms. The summed E-state index contributed by atoms with van der Waals surface area (Å²) in [7, 11) is 1.70. The molecular formula is C17H20BrN5O2. The van der Waals surface area contributed by atoms with Gasteiger partial charge < -0.3 is 5.32 Å².